The molecule has 1 unspecified atom stereocenters. The molecule has 352 valence electrons. The first kappa shape index (κ1) is 41.3. The number of fused-ring (bicyclic) bond motifs is 20. The van der Waals surface area contributed by atoms with E-state index in [-0.39, 0.29) is 0 Å². The van der Waals surface area contributed by atoms with Gasteiger partial charge >= 0.3 is 0 Å². The van der Waals surface area contributed by atoms with E-state index in [0.717, 1.165) is 66.1 Å². The van der Waals surface area contributed by atoms with E-state index >= 15 is 0 Å². The van der Waals surface area contributed by atoms with Crippen LogP contribution in [0.2, 0.25) is 0 Å². The van der Waals surface area contributed by atoms with E-state index < -0.39 is 5.41 Å². The lowest BCUT2D eigenvalue weighted by atomic mass is 9.70. The van der Waals surface area contributed by atoms with Crippen molar-refractivity contribution in [1.82, 2.24) is 28.7 Å². The van der Waals surface area contributed by atoms with E-state index in [9.17, 15) is 0 Å². The van der Waals surface area contributed by atoms with E-state index in [1.165, 1.54) is 66.3 Å². The highest BCUT2D eigenvalue weighted by Gasteiger charge is 2.52. The van der Waals surface area contributed by atoms with Crippen molar-refractivity contribution in [3.63, 3.8) is 0 Å². The van der Waals surface area contributed by atoms with Crippen LogP contribution in [-0.4, -0.2) is 28.7 Å². The summed E-state index contributed by atoms with van der Waals surface area (Å²) >= 11 is 0. The van der Waals surface area contributed by atoms with Crippen LogP contribution < -0.4 is 0 Å². The highest BCUT2D eigenvalue weighted by Crippen LogP contribution is 2.63. The fourth-order valence-electron chi connectivity index (χ4n) is 13.5. The van der Waals surface area contributed by atoms with Crippen molar-refractivity contribution in [3.05, 3.63) is 277 Å². The molecule has 0 amide bonds. The average Bonchev–Trinajstić information content (AvgIpc) is 4.34. The summed E-state index contributed by atoms with van der Waals surface area (Å²) in [6.07, 6.45) is 0. The highest BCUT2D eigenvalue weighted by atomic mass is 15.2. The smallest absolute Gasteiger partial charge is 0.238 e. The van der Waals surface area contributed by atoms with Crippen LogP contribution in [0, 0.1) is 0 Å². The van der Waals surface area contributed by atoms with Gasteiger partial charge in [-0.25, -0.2) is 4.98 Å². The lowest BCUT2D eigenvalue weighted by Crippen LogP contribution is -2.26. The van der Waals surface area contributed by atoms with Crippen molar-refractivity contribution in [2.75, 3.05) is 0 Å². The molecule has 0 saturated heterocycles. The van der Waals surface area contributed by atoms with Crippen molar-refractivity contribution in [2.45, 2.75) is 5.41 Å². The minimum Gasteiger partial charge on any atom is -0.309 e. The Labute approximate surface area is 436 Å². The standard InChI is InChI=1S/C70H42N6/c1-3-19-43(20-4-1)67-71-68(73-69(72-67)76-62-33-17-11-27-53(62)54-39-40-64-65(66(54)76)55-28-12-18-34-63(55)74(64)45-21-5-2-6-22-45)44-35-37-49-47-23-7-13-29-56(47)70(58(49)41-44)57-30-14-8-24-48(57)50-38-36-46(42-59(50)70)75-60-31-15-9-25-51(60)52-26-10-16-32-61(52)75/h1-42H. The van der Waals surface area contributed by atoms with Gasteiger partial charge in [0.15, 0.2) is 11.6 Å². The third-order valence-corrected chi connectivity index (χ3v) is 16.5. The van der Waals surface area contributed by atoms with Gasteiger partial charge in [-0.05, 0) is 105 Å². The van der Waals surface area contributed by atoms with Crippen LogP contribution in [0.1, 0.15) is 22.3 Å². The Morgan fingerprint density at radius 1 is 0.276 bits per heavy atom. The lowest BCUT2D eigenvalue weighted by Gasteiger charge is -2.31. The molecular formula is C70H42N6. The first-order valence-corrected chi connectivity index (χ1v) is 26.0. The molecule has 4 aromatic heterocycles. The van der Waals surface area contributed by atoms with E-state index in [1.807, 2.05) is 6.07 Å². The zero-order chi connectivity index (χ0) is 49.6. The monoisotopic (exact) mass is 966 g/mol. The topological polar surface area (TPSA) is 53.5 Å². The molecular weight excluding hydrogens is 925 g/mol. The summed E-state index contributed by atoms with van der Waals surface area (Å²) in [5.41, 5.74) is 20.1. The van der Waals surface area contributed by atoms with E-state index in [2.05, 4.69) is 262 Å². The Hall–Kier alpha value is -10.2. The first-order chi connectivity index (χ1) is 37.7. The number of nitrogens with zero attached hydrogens (tertiary/aromatic N) is 6. The molecule has 0 fully saturated rings. The van der Waals surface area contributed by atoms with E-state index in [0.29, 0.717) is 17.6 Å². The maximum Gasteiger partial charge on any atom is 0.238 e. The van der Waals surface area contributed by atoms with Gasteiger partial charge in [0, 0.05) is 54.8 Å². The summed E-state index contributed by atoms with van der Waals surface area (Å²) in [5.74, 6) is 1.77. The maximum absolute atomic E-state index is 5.64. The SMILES string of the molecule is c1ccc(-c2nc(-c3ccc4c(c3)C3(c5ccccc5-4)c4ccccc4-c4ccc(-n5c6ccccc6c6ccccc65)cc43)nc(-n3c4ccccc4c4ccc5c(c6ccccc6n5-c5ccccc5)c43)n2)cc1. The second kappa shape index (κ2) is 15.4. The summed E-state index contributed by atoms with van der Waals surface area (Å²) in [7, 11) is 0. The van der Waals surface area contributed by atoms with Gasteiger partial charge in [0.2, 0.25) is 5.95 Å². The van der Waals surface area contributed by atoms with Crippen LogP contribution >= 0.6 is 0 Å². The fraction of sp³-hybridized carbons (Fsp3) is 0.0143. The lowest BCUT2D eigenvalue weighted by molar-refractivity contribution is 0.792. The quantitative estimate of drug-likeness (QED) is 0.173. The van der Waals surface area contributed by atoms with E-state index in [4.69, 9.17) is 15.0 Å². The largest absolute Gasteiger partial charge is 0.309 e. The molecule has 6 nitrogen and oxygen atoms in total. The van der Waals surface area contributed by atoms with Crippen LogP contribution in [0.3, 0.4) is 0 Å². The van der Waals surface area contributed by atoms with Crippen molar-refractivity contribution in [2.24, 2.45) is 0 Å². The predicted octanol–water partition coefficient (Wildman–Crippen LogP) is 16.8. The van der Waals surface area contributed by atoms with Gasteiger partial charge in [-0.1, -0.05) is 194 Å². The second-order valence-corrected chi connectivity index (χ2v) is 20.2. The molecule has 1 atom stereocenters. The molecule has 6 heteroatoms. The maximum atomic E-state index is 5.64. The Balaban J connectivity index is 0.938. The molecule has 0 N–H and O–H groups in total. The van der Waals surface area contributed by atoms with E-state index in [1.54, 1.807) is 0 Å². The number of aromatic nitrogens is 6. The molecule has 0 aliphatic heterocycles. The average molecular weight is 967 g/mol. The third kappa shape index (κ3) is 5.46. The van der Waals surface area contributed by atoms with Crippen LogP contribution in [0.5, 0.6) is 0 Å². The van der Waals surface area contributed by atoms with Crippen molar-refractivity contribution in [1.29, 1.82) is 0 Å². The minimum absolute atomic E-state index is 0.560. The van der Waals surface area contributed by atoms with Gasteiger partial charge in [-0.15, -0.1) is 0 Å². The number of para-hydroxylation sites is 5. The molecule has 0 saturated carbocycles. The number of hydrogen-bond acceptors (Lipinski definition) is 3. The van der Waals surface area contributed by atoms with Gasteiger partial charge in [-0.3, -0.25) is 4.57 Å². The minimum atomic E-state index is -0.633. The van der Waals surface area contributed by atoms with Crippen LogP contribution in [0.4, 0.5) is 0 Å². The third-order valence-electron chi connectivity index (χ3n) is 16.5. The highest BCUT2D eigenvalue weighted by molar-refractivity contribution is 6.26. The number of rotatable bonds is 5. The van der Waals surface area contributed by atoms with Gasteiger partial charge in [0.05, 0.1) is 38.5 Å². The summed E-state index contributed by atoms with van der Waals surface area (Å²) in [6, 6.07) is 92.6. The normalized spacial score (nSPS) is 14.4. The molecule has 11 aromatic carbocycles. The van der Waals surface area contributed by atoms with Gasteiger partial charge in [0.25, 0.3) is 0 Å². The first-order valence-electron chi connectivity index (χ1n) is 26.0. The second-order valence-electron chi connectivity index (χ2n) is 20.2. The summed E-state index contributed by atoms with van der Waals surface area (Å²) in [5, 5.41) is 7.07. The Morgan fingerprint density at radius 3 is 1.41 bits per heavy atom. The summed E-state index contributed by atoms with van der Waals surface area (Å²) in [6.45, 7) is 0. The molecule has 2 aliphatic carbocycles. The van der Waals surface area contributed by atoms with Crippen LogP contribution in [0.15, 0.2) is 255 Å². The predicted molar refractivity (Wildman–Crippen MR) is 310 cm³/mol. The number of hydrogen-bond donors (Lipinski definition) is 0. The molecule has 0 radical (unpaired) electrons. The molecule has 2 aliphatic rings. The van der Waals surface area contributed by atoms with Crippen LogP contribution in [0.25, 0.3) is 128 Å². The summed E-state index contributed by atoms with van der Waals surface area (Å²) in [4.78, 5) is 16.5. The summed E-state index contributed by atoms with van der Waals surface area (Å²) < 4.78 is 7.11. The van der Waals surface area contributed by atoms with Gasteiger partial charge in [-0.2, -0.15) is 9.97 Å². The zero-order valence-electron chi connectivity index (χ0n) is 40.9. The molecule has 17 rings (SSSR count). The number of benzene rings is 11. The van der Waals surface area contributed by atoms with Crippen LogP contribution in [-0.2, 0) is 5.41 Å². The van der Waals surface area contributed by atoms with Gasteiger partial charge in [0.1, 0.15) is 0 Å². The molecule has 1 spiro atoms. The Kier molecular flexibility index (Phi) is 8.39. The Morgan fingerprint density at radius 2 is 0.750 bits per heavy atom. The molecule has 15 aromatic rings. The molecule has 4 heterocycles. The molecule has 76 heavy (non-hydrogen) atoms. The van der Waals surface area contributed by atoms with Gasteiger partial charge < -0.3 is 9.13 Å². The van der Waals surface area contributed by atoms with Crippen molar-refractivity contribution < 1.29 is 0 Å². The Bertz CT molecular complexity index is 4880. The van der Waals surface area contributed by atoms with Crippen molar-refractivity contribution in [3.8, 4) is 62.4 Å². The zero-order valence-corrected chi connectivity index (χ0v) is 40.9. The van der Waals surface area contributed by atoms with Crippen molar-refractivity contribution >= 4 is 65.4 Å². The molecule has 0 bridgehead atoms. The fourth-order valence-corrected chi connectivity index (χ4v) is 13.5.